The molecule has 1 aromatic heterocycles. The van der Waals surface area contributed by atoms with Crippen molar-refractivity contribution in [3.8, 4) is 11.8 Å². The average Bonchev–Trinajstić information content (AvgIpc) is 3.08. The van der Waals surface area contributed by atoms with E-state index in [1.165, 1.54) is 0 Å². The van der Waals surface area contributed by atoms with E-state index in [-0.39, 0.29) is 19.0 Å². The topological polar surface area (TPSA) is 146 Å². The summed E-state index contributed by atoms with van der Waals surface area (Å²) in [4.78, 5) is 47.4. The Hall–Kier alpha value is -5.87. The molecule has 0 fully saturated rings. The van der Waals surface area contributed by atoms with Crippen molar-refractivity contribution in [1.29, 1.82) is 0 Å². The Bertz CT molecular complexity index is 1730. The summed E-state index contributed by atoms with van der Waals surface area (Å²) >= 11 is 0. The first-order valence-corrected chi connectivity index (χ1v) is 14.2. The molecule has 10 heteroatoms. The lowest BCUT2D eigenvalue weighted by Gasteiger charge is -2.19. The summed E-state index contributed by atoms with van der Waals surface area (Å²) in [5.74, 6) is -0.860. The molecule has 10 nitrogen and oxygen atoms in total. The molecular weight excluding hydrogens is 570 g/mol. The number of hydrogen-bond acceptors (Lipinski definition) is 8. The predicted molar refractivity (Wildman–Crippen MR) is 168 cm³/mol. The van der Waals surface area contributed by atoms with Gasteiger partial charge in [0, 0.05) is 36.6 Å². The molecule has 0 saturated heterocycles. The highest BCUT2D eigenvalue weighted by Gasteiger charge is 2.23. The number of benzene rings is 4. The number of nitrogens with one attached hydrogen (secondary N) is 2. The zero-order valence-electron chi connectivity index (χ0n) is 24.3. The average molecular weight is 602 g/mol. The Labute approximate surface area is 260 Å². The molecule has 1 unspecified atom stereocenters. The van der Waals surface area contributed by atoms with E-state index in [4.69, 9.17) is 15.2 Å². The van der Waals surface area contributed by atoms with Gasteiger partial charge in [-0.05, 0) is 71.3 Å². The summed E-state index contributed by atoms with van der Waals surface area (Å²) in [5, 5.41) is 5.69. The zero-order chi connectivity index (χ0) is 31.4. The van der Waals surface area contributed by atoms with Gasteiger partial charge in [-0.15, -0.1) is 0 Å². The Morgan fingerprint density at radius 2 is 1.42 bits per heavy atom. The van der Waals surface area contributed by atoms with E-state index in [0.717, 1.165) is 16.7 Å². The van der Waals surface area contributed by atoms with Crippen LogP contribution in [0.1, 0.15) is 37.4 Å². The van der Waals surface area contributed by atoms with Gasteiger partial charge in [0.1, 0.15) is 18.4 Å². The Morgan fingerprint density at radius 1 is 0.733 bits per heavy atom. The van der Waals surface area contributed by atoms with Crippen LogP contribution in [0.4, 0.5) is 5.69 Å². The van der Waals surface area contributed by atoms with Crippen molar-refractivity contribution in [2.75, 3.05) is 5.32 Å². The molecule has 0 spiro atoms. The molecule has 5 aromatic rings. The van der Waals surface area contributed by atoms with Gasteiger partial charge in [-0.25, -0.2) is 14.8 Å². The van der Waals surface area contributed by atoms with Crippen LogP contribution in [0.15, 0.2) is 122 Å². The third-order valence-corrected chi connectivity index (χ3v) is 6.76. The van der Waals surface area contributed by atoms with Crippen LogP contribution in [0.25, 0.3) is 0 Å². The van der Waals surface area contributed by atoms with Crippen molar-refractivity contribution in [1.82, 2.24) is 15.3 Å². The van der Waals surface area contributed by atoms with Crippen LogP contribution in [0.2, 0.25) is 0 Å². The number of nitrogens with zero attached hydrogens (tertiary/aromatic N) is 2. The number of carbonyl (C=O) groups is 3. The molecule has 2 amide bonds. The maximum atomic E-state index is 13.6. The molecule has 0 aliphatic rings. The molecule has 45 heavy (non-hydrogen) atoms. The van der Waals surface area contributed by atoms with Crippen molar-refractivity contribution < 1.29 is 23.9 Å². The summed E-state index contributed by atoms with van der Waals surface area (Å²) in [6, 6.07) is 30.6. The number of amides is 2. The van der Waals surface area contributed by atoms with Gasteiger partial charge in [-0.2, -0.15) is 0 Å². The molecule has 226 valence electrons. The van der Waals surface area contributed by atoms with Gasteiger partial charge in [0.25, 0.3) is 5.91 Å². The normalized spacial score (nSPS) is 11.2. The summed E-state index contributed by atoms with van der Waals surface area (Å²) < 4.78 is 11.1. The first kappa shape index (κ1) is 30.6. The van der Waals surface area contributed by atoms with Gasteiger partial charge in [-0.3, -0.25) is 9.59 Å². The lowest BCUT2D eigenvalue weighted by atomic mass is 10.0. The van der Waals surface area contributed by atoms with Gasteiger partial charge < -0.3 is 25.8 Å². The number of rotatable bonds is 12. The standard InChI is InChI=1S/C35H31N5O5/c36-22-24-10-12-27(13-11-24)32(41)40-31(21-26-8-4-9-30(20-26)45-35-37-18-5-19-38-35)33(42)39-29-16-14-28(15-17-29)34(43)44-23-25-6-2-1-3-7-25/h1-20,31H,21-23,36H2,(H,39,42)(H,40,41). The molecule has 1 atom stereocenters. The second-order valence-electron chi connectivity index (χ2n) is 10.0. The maximum Gasteiger partial charge on any atom is 0.338 e. The lowest BCUT2D eigenvalue weighted by Crippen LogP contribution is -2.45. The minimum atomic E-state index is -0.953. The van der Waals surface area contributed by atoms with Gasteiger partial charge in [0.05, 0.1) is 5.56 Å². The van der Waals surface area contributed by atoms with Gasteiger partial charge in [-0.1, -0.05) is 54.6 Å². The van der Waals surface area contributed by atoms with E-state index in [1.54, 1.807) is 85.2 Å². The maximum absolute atomic E-state index is 13.6. The van der Waals surface area contributed by atoms with Crippen LogP contribution in [-0.2, 0) is 29.1 Å². The fraction of sp³-hybridized carbons (Fsp3) is 0.114. The summed E-state index contributed by atoms with van der Waals surface area (Å²) in [6.45, 7) is 0.502. The van der Waals surface area contributed by atoms with Crippen molar-refractivity contribution in [3.63, 3.8) is 0 Å². The molecule has 4 N–H and O–H groups in total. The first-order chi connectivity index (χ1) is 22.0. The third kappa shape index (κ3) is 8.82. The van der Waals surface area contributed by atoms with E-state index in [0.29, 0.717) is 29.1 Å². The number of carbonyl (C=O) groups excluding carboxylic acids is 3. The van der Waals surface area contributed by atoms with Crippen molar-refractivity contribution in [3.05, 3.63) is 149 Å². The van der Waals surface area contributed by atoms with Gasteiger partial charge in [0.2, 0.25) is 5.91 Å². The minimum Gasteiger partial charge on any atom is -0.457 e. The van der Waals surface area contributed by atoms with E-state index >= 15 is 0 Å². The molecule has 0 bridgehead atoms. The highest BCUT2D eigenvalue weighted by atomic mass is 16.5. The molecular formula is C35H31N5O5. The van der Waals surface area contributed by atoms with E-state index in [9.17, 15) is 14.4 Å². The predicted octanol–water partition coefficient (Wildman–Crippen LogP) is 5.06. The van der Waals surface area contributed by atoms with Gasteiger partial charge >= 0.3 is 12.0 Å². The molecule has 0 radical (unpaired) electrons. The van der Waals surface area contributed by atoms with E-state index in [1.807, 2.05) is 36.4 Å². The van der Waals surface area contributed by atoms with Gasteiger partial charge in [0.15, 0.2) is 0 Å². The second-order valence-corrected chi connectivity index (χ2v) is 10.0. The van der Waals surface area contributed by atoms with Crippen molar-refractivity contribution in [2.45, 2.75) is 25.6 Å². The number of anilines is 1. The summed E-state index contributed by atoms with van der Waals surface area (Å²) in [7, 11) is 0. The second kappa shape index (κ2) is 15.0. The third-order valence-electron chi connectivity index (χ3n) is 6.76. The molecule has 0 saturated carbocycles. The fourth-order valence-corrected chi connectivity index (χ4v) is 4.38. The smallest absolute Gasteiger partial charge is 0.338 e. The first-order valence-electron chi connectivity index (χ1n) is 14.2. The number of nitrogens with two attached hydrogens (primary N) is 1. The SMILES string of the molecule is NCc1ccc(C(=O)NC(Cc2cccc(Oc3ncccn3)c2)C(=O)Nc2ccc(C(=O)OCc3ccccc3)cc2)cc1. The lowest BCUT2D eigenvalue weighted by molar-refractivity contribution is -0.118. The molecule has 0 aliphatic carbocycles. The number of aromatic nitrogens is 2. The molecule has 5 rings (SSSR count). The molecule has 0 aliphatic heterocycles. The summed E-state index contributed by atoms with van der Waals surface area (Å²) in [6.07, 6.45) is 3.31. The van der Waals surface area contributed by atoms with E-state index in [2.05, 4.69) is 20.6 Å². The summed E-state index contributed by atoms with van der Waals surface area (Å²) in [5.41, 5.74) is 9.36. The molecule has 4 aromatic carbocycles. The van der Waals surface area contributed by atoms with Crippen LogP contribution < -0.4 is 21.1 Å². The number of ether oxygens (including phenoxy) is 2. The van der Waals surface area contributed by atoms with Crippen molar-refractivity contribution >= 4 is 23.5 Å². The highest BCUT2D eigenvalue weighted by molar-refractivity contribution is 6.01. The van der Waals surface area contributed by atoms with E-state index < -0.39 is 23.8 Å². The largest absolute Gasteiger partial charge is 0.457 e. The highest BCUT2D eigenvalue weighted by Crippen LogP contribution is 2.20. The Balaban J connectivity index is 1.28. The van der Waals surface area contributed by atoms with Crippen LogP contribution >= 0.6 is 0 Å². The van der Waals surface area contributed by atoms with Crippen molar-refractivity contribution in [2.24, 2.45) is 5.73 Å². The number of hydrogen-bond donors (Lipinski definition) is 3. The van der Waals surface area contributed by atoms with Crippen LogP contribution in [0, 0.1) is 0 Å². The number of esters is 1. The zero-order valence-corrected chi connectivity index (χ0v) is 24.3. The van der Waals surface area contributed by atoms with Crippen LogP contribution in [-0.4, -0.2) is 33.8 Å². The fourth-order valence-electron chi connectivity index (χ4n) is 4.38. The quantitative estimate of drug-likeness (QED) is 0.168. The minimum absolute atomic E-state index is 0.152. The van der Waals surface area contributed by atoms with Crippen LogP contribution in [0.5, 0.6) is 11.8 Å². The Morgan fingerprint density at radius 3 is 2.13 bits per heavy atom. The monoisotopic (exact) mass is 601 g/mol. The molecule has 1 heterocycles. The van der Waals surface area contributed by atoms with Crippen LogP contribution in [0.3, 0.4) is 0 Å². The Kier molecular flexibility index (Phi) is 10.2.